The van der Waals surface area contributed by atoms with Crippen LogP contribution in [0.4, 0.5) is 11.4 Å². The van der Waals surface area contributed by atoms with Gasteiger partial charge in [-0.3, -0.25) is 20.2 Å². The smallest absolute Gasteiger partial charge is 0.270 e. The van der Waals surface area contributed by atoms with Crippen molar-refractivity contribution in [2.24, 2.45) is 0 Å². The number of nitrogens with one attached hydrogen (secondary N) is 2. The lowest BCUT2D eigenvalue weighted by Crippen LogP contribution is -2.32. The lowest BCUT2D eigenvalue weighted by atomic mass is 10.1. The largest absolute Gasteiger partial charge is 0.468 e. The summed E-state index contributed by atoms with van der Waals surface area (Å²) >= 11 is 3.27. The molecule has 0 aliphatic carbocycles. The van der Waals surface area contributed by atoms with Crippen LogP contribution in [0.3, 0.4) is 0 Å². The van der Waals surface area contributed by atoms with Crippen molar-refractivity contribution in [3.05, 3.63) is 92.8 Å². The van der Waals surface area contributed by atoms with E-state index in [-0.39, 0.29) is 11.6 Å². The number of rotatable bonds is 7. The fourth-order valence-corrected chi connectivity index (χ4v) is 3.01. The Morgan fingerprint density at radius 3 is 2.56 bits per heavy atom. The third-order valence-corrected chi connectivity index (χ3v) is 4.53. The molecule has 0 saturated heterocycles. The van der Waals surface area contributed by atoms with Crippen LogP contribution in [0.5, 0.6) is 0 Å². The molecule has 1 atom stereocenters. The number of nitro benzene ring substituents is 1. The van der Waals surface area contributed by atoms with Gasteiger partial charge in [-0.1, -0.05) is 30.3 Å². The Morgan fingerprint density at radius 2 is 1.93 bits per heavy atom. The van der Waals surface area contributed by atoms with E-state index >= 15 is 0 Å². The molecule has 8 heteroatoms. The summed E-state index contributed by atoms with van der Waals surface area (Å²) in [5.74, 6) is 0.419. The van der Waals surface area contributed by atoms with Gasteiger partial charge in [0.15, 0.2) is 0 Å². The second-order valence-electron chi connectivity index (χ2n) is 5.71. The molecule has 0 radical (unpaired) electrons. The average molecular weight is 430 g/mol. The summed E-state index contributed by atoms with van der Waals surface area (Å²) in [5.41, 5.74) is 1.18. The lowest BCUT2D eigenvalue weighted by Gasteiger charge is -2.19. The van der Waals surface area contributed by atoms with E-state index in [1.165, 1.54) is 18.2 Å². The molecule has 0 fully saturated rings. The molecule has 3 rings (SSSR count). The van der Waals surface area contributed by atoms with Crippen LogP contribution in [-0.4, -0.2) is 10.8 Å². The van der Waals surface area contributed by atoms with Gasteiger partial charge in [-0.25, -0.2) is 0 Å². The van der Waals surface area contributed by atoms with Crippen molar-refractivity contribution in [3.8, 4) is 0 Å². The van der Waals surface area contributed by atoms with Crippen LogP contribution < -0.4 is 10.6 Å². The first kappa shape index (κ1) is 18.8. The van der Waals surface area contributed by atoms with E-state index in [2.05, 4.69) is 26.6 Å². The monoisotopic (exact) mass is 429 g/mol. The standard InChI is InChI=1S/C19H16BrN3O4/c20-16-11-14(23(25)26)8-9-17(16)22-19(24)18(13-5-2-1-3-6-13)21-12-15-7-4-10-27-15/h1-11,18,21H,12H2,(H,22,24). The molecule has 27 heavy (non-hydrogen) atoms. The van der Waals surface area contributed by atoms with Gasteiger partial charge >= 0.3 is 0 Å². The fourth-order valence-electron chi connectivity index (χ4n) is 2.55. The molecule has 1 heterocycles. The zero-order chi connectivity index (χ0) is 19.2. The zero-order valence-electron chi connectivity index (χ0n) is 14.1. The fraction of sp³-hybridized carbons (Fsp3) is 0.105. The van der Waals surface area contributed by atoms with E-state index < -0.39 is 11.0 Å². The minimum Gasteiger partial charge on any atom is -0.468 e. The van der Waals surface area contributed by atoms with Crippen molar-refractivity contribution in [3.63, 3.8) is 0 Å². The molecule has 138 valence electrons. The number of anilines is 1. The Balaban J connectivity index is 1.79. The summed E-state index contributed by atoms with van der Waals surface area (Å²) in [6.07, 6.45) is 1.57. The first-order valence-electron chi connectivity index (χ1n) is 8.10. The van der Waals surface area contributed by atoms with E-state index in [4.69, 9.17) is 4.42 Å². The van der Waals surface area contributed by atoms with Crippen molar-refractivity contribution < 1.29 is 14.1 Å². The van der Waals surface area contributed by atoms with Crippen LogP contribution in [0.2, 0.25) is 0 Å². The van der Waals surface area contributed by atoms with E-state index in [9.17, 15) is 14.9 Å². The van der Waals surface area contributed by atoms with E-state index in [1.807, 2.05) is 36.4 Å². The molecule has 0 spiro atoms. The Labute approximate surface area is 163 Å². The molecule has 1 unspecified atom stereocenters. The second kappa shape index (κ2) is 8.61. The van der Waals surface area contributed by atoms with Crippen LogP contribution in [-0.2, 0) is 11.3 Å². The van der Waals surface area contributed by atoms with Gasteiger partial charge in [-0.2, -0.15) is 0 Å². The number of nitrogens with zero attached hydrogens (tertiary/aromatic N) is 1. The van der Waals surface area contributed by atoms with Crippen molar-refractivity contribution in [1.29, 1.82) is 0 Å². The number of hydrogen-bond donors (Lipinski definition) is 2. The predicted molar refractivity (Wildman–Crippen MR) is 104 cm³/mol. The lowest BCUT2D eigenvalue weighted by molar-refractivity contribution is -0.384. The summed E-state index contributed by atoms with van der Waals surface area (Å²) in [5, 5.41) is 16.8. The van der Waals surface area contributed by atoms with E-state index in [1.54, 1.807) is 12.3 Å². The van der Waals surface area contributed by atoms with Crippen LogP contribution in [0, 0.1) is 10.1 Å². The zero-order valence-corrected chi connectivity index (χ0v) is 15.7. The number of benzene rings is 2. The Kier molecular flexibility index (Phi) is 6.00. The molecular weight excluding hydrogens is 414 g/mol. The summed E-state index contributed by atoms with van der Waals surface area (Å²) in [6.45, 7) is 0.376. The number of carbonyl (C=O) groups is 1. The summed E-state index contributed by atoms with van der Waals surface area (Å²) in [4.78, 5) is 23.2. The molecule has 0 bridgehead atoms. The molecule has 1 aromatic heterocycles. The number of halogens is 1. The molecule has 3 aromatic rings. The average Bonchev–Trinajstić information content (AvgIpc) is 3.18. The third kappa shape index (κ3) is 4.81. The molecule has 0 saturated carbocycles. The molecule has 0 aliphatic rings. The van der Waals surface area contributed by atoms with Gasteiger partial charge in [-0.05, 0) is 39.7 Å². The van der Waals surface area contributed by atoms with Gasteiger partial charge in [0.25, 0.3) is 5.69 Å². The Hall–Kier alpha value is -2.97. The van der Waals surface area contributed by atoms with Gasteiger partial charge in [-0.15, -0.1) is 0 Å². The quantitative estimate of drug-likeness (QED) is 0.427. The maximum absolute atomic E-state index is 12.9. The minimum absolute atomic E-state index is 0.0598. The highest BCUT2D eigenvalue weighted by Gasteiger charge is 2.22. The molecule has 1 amide bonds. The van der Waals surface area contributed by atoms with Gasteiger partial charge in [0.05, 0.1) is 23.4 Å². The van der Waals surface area contributed by atoms with Gasteiger partial charge in [0.1, 0.15) is 11.8 Å². The summed E-state index contributed by atoms with van der Waals surface area (Å²) in [7, 11) is 0. The van der Waals surface area contributed by atoms with Crippen LogP contribution >= 0.6 is 15.9 Å². The van der Waals surface area contributed by atoms with Crippen LogP contribution in [0.25, 0.3) is 0 Å². The van der Waals surface area contributed by atoms with Gasteiger partial charge in [0.2, 0.25) is 5.91 Å². The molecule has 7 nitrogen and oxygen atoms in total. The molecule has 0 aliphatic heterocycles. The minimum atomic E-state index is -0.626. The van der Waals surface area contributed by atoms with Crippen molar-refractivity contribution >= 4 is 33.2 Å². The number of hydrogen-bond acceptors (Lipinski definition) is 5. The van der Waals surface area contributed by atoms with Crippen LogP contribution in [0.1, 0.15) is 17.4 Å². The second-order valence-corrected chi connectivity index (χ2v) is 6.57. The SMILES string of the molecule is O=C(Nc1ccc([N+](=O)[O-])cc1Br)C(NCc1ccco1)c1ccccc1. The van der Waals surface area contributed by atoms with Gasteiger partial charge < -0.3 is 9.73 Å². The van der Waals surface area contributed by atoms with Crippen LogP contribution in [0.15, 0.2) is 75.8 Å². The maximum atomic E-state index is 12.9. The Morgan fingerprint density at radius 1 is 1.15 bits per heavy atom. The number of amides is 1. The number of nitro groups is 1. The molecular formula is C19H16BrN3O4. The number of furan rings is 1. The molecule has 2 aromatic carbocycles. The highest BCUT2D eigenvalue weighted by Crippen LogP contribution is 2.28. The van der Waals surface area contributed by atoms with Crippen molar-refractivity contribution in [1.82, 2.24) is 5.32 Å². The highest BCUT2D eigenvalue weighted by atomic mass is 79.9. The van der Waals surface area contributed by atoms with E-state index in [0.29, 0.717) is 22.5 Å². The topological polar surface area (TPSA) is 97.4 Å². The maximum Gasteiger partial charge on any atom is 0.270 e. The van der Waals surface area contributed by atoms with Gasteiger partial charge in [0, 0.05) is 16.6 Å². The predicted octanol–water partition coefficient (Wildman–Crippen LogP) is 4.42. The summed E-state index contributed by atoms with van der Waals surface area (Å²) in [6, 6.07) is 16.4. The first-order chi connectivity index (χ1) is 13.0. The normalized spacial score (nSPS) is 11.7. The first-order valence-corrected chi connectivity index (χ1v) is 8.89. The van der Waals surface area contributed by atoms with Crippen molar-refractivity contribution in [2.45, 2.75) is 12.6 Å². The Bertz CT molecular complexity index is 929. The highest BCUT2D eigenvalue weighted by molar-refractivity contribution is 9.10. The van der Waals surface area contributed by atoms with Crippen molar-refractivity contribution in [2.75, 3.05) is 5.32 Å². The third-order valence-electron chi connectivity index (χ3n) is 3.88. The van der Waals surface area contributed by atoms with E-state index in [0.717, 1.165) is 5.56 Å². The number of non-ortho nitro benzene ring substituents is 1. The number of carbonyl (C=O) groups excluding carboxylic acids is 1. The summed E-state index contributed by atoms with van der Waals surface area (Å²) < 4.78 is 5.74. The molecule has 2 N–H and O–H groups in total.